The van der Waals surface area contributed by atoms with Crippen molar-refractivity contribution in [3.8, 4) is 5.75 Å². The summed E-state index contributed by atoms with van der Waals surface area (Å²) in [6.07, 6.45) is 2.45. The first-order valence-corrected chi connectivity index (χ1v) is 5.11. The van der Waals surface area contributed by atoms with Gasteiger partial charge in [-0.15, -0.1) is 0 Å². The van der Waals surface area contributed by atoms with Crippen LogP contribution < -0.4 is 10.2 Å². The number of non-ortho nitro benzene ring substituents is 1. The van der Waals surface area contributed by atoms with Gasteiger partial charge in [-0.25, -0.2) is 0 Å². The lowest BCUT2D eigenvalue weighted by atomic mass is 10.3. The second-order valence-corrected chi connectivity index (χ2v) is 3.28. The molecule has 0 bridgehead atoms. The molecule has 1 rings (SSSR count). The predicted molar refractivity (Wildman–Crippen MR) is 63.5 cm³/mol. The monoisotopic (exact) mass is 237 g/mol. The summed E-state index contributed by atoms with van der Waals surface area (Å²) in [5.74, 6) is 0.479. The van der Waals surface area contributed by atoms with Crippen molar-refractivity contribution >= 4 is 5.69 Å². The van der Waals surface area contributed by atoms with Crippen LogP contribution in [0.4, 0.5) is 5.69 Å². The third-order valence-electron chi connectivity index (χ3n) is 2.02. The third-order valence-corrected chi connectivity index (χ3v) is 2.02. The highest BCUT2D eigenvalue weighted by Crippen LogP contribution is 2.17. The van der Waals surface area contributed by atoms with E-state index in [1.165, 1.54) is 24.3 Å². The fraction of sp³-hybridized carbons (Fsp3) is 0.273. The second kappa shape index (κ2) is 6.49. The third kappa shape index (κ3) is 4.12. The lowest BCUT2D eigenvalue weighted by molar-refractivity contribution is -0.384. The van der Waals surface area contributed by atoms with Crippen LogP contribution in [-0.2, 0) is 0 Å². The Balaban J connectivity index is 2.58. The van der Waals surface area contributed by atoms with E-state index < -0.39 is 4.92 Å². The van der Waals surface area contributed by atoms with Crippen LogP contribution in [0.1, 0.15) is 13.3 Å². The number of ether oxygens (including phenoxy) is 1. The molecule has 0 atom stereocenters. The number of nitro benzene ring substituents is 1. The van der Waals surface area contributed by atoms with Gasteiger partial charge in [-0.05, 0) is 18.6 Å². The standard InChI is InChI=1S/C11H13N2O4/c1-2-3-9(12-14)8-17-11-6-4-10(5-7-11)13(15)16/h3-7,12H,2,8H2,1H3/q-1. The van der Waals surface area contributed by atoms with E-state index in [1.54, 1.807) is 11.6 Å². The van der Waals surface area contributed by atoms with Gasteiger partial charge in [0, 0.05) is 17.8 Å². The summed E-state index contributed by atoms with van der Waals surface area (Å²) in [7, 11) is 0. The Labute approximate surface area is 98.6 Å². The predicted octanol–water partition coefficient (Wildman–Crippen LogP) is 2.35. The zero-order valence-electron chi connectivity index (χ0n) is 9.38. The lowest BCUT2D eigenvalue weighted by Gasteiger charge is -2.15. The number of rotatable bonds is 6. The molecule has 92 valence electrons. The van der Waals surface area contributed by atoms with E-state index in [0.717, 1.165) is 6.42 Å². The van der Waals surface area contributed by atoms with Crippen molar-refractivity contribution in [2.45, 2.75) is 13.3 Å². The lowest BCUT2D eigenvalue weighted by Crippen LogP contribution is -2.12. The molecule has 0 unspecified atom stereocenters. The Kier molecular flexibility index (Phi) is 4.96. The summed E-state index contributed by atoms with van der Waals surface area (Å²) in [6, 6.07) is 5.69. The Bertz CT molecular complexity index is 400. The smallest absolute Gasteiger partial charge is 0.269 e. The highest BCUT2D eigenvalue weighted by atomic mass is 16.6. The van der Waals surface area contributed by atoms with Crippen molar-refractivity contribution in [3.05, 3.63) is 51.4 Å². The van der Waals surface area contributed by atoms with Crippen molar-refractivity contribution in [2.24, 2.45) is 0 Å². The molecule has 0 aromatic heterocycles. The van der Waals surface area contributed by atoms with Crippen LogP contribution in [0.3, 0.4) is 0 Å². The van der Waals surface area contributed by atoms with E-state index in [4.69, 9.17) is 4.74 Å². The fourth-order valence-corrected chi connectivity index (χ4v) is 1.20. The molecule has 0 aliphatic rings. The highest BCUT2D eigenvalue weighted by Gasteiger charge is 2.04. The van der Waals surface area contributed by atoms with Gasteiger partial charge in [-0.3, -0.25) is 10.1 Å². The van der Waals surface area contributed by atoms with E-state index in [0.29, 0.717) is 11.4 Å². The summed E-state index contributed by atoms with van der Waals surface area (Å²) < 4.78 is 5.29. The SMILES string of the molecule is CCC=C(COc1ccc([N+](=O)[O-])cc1)N[O-]. The van der Waals surface area contributed by atoms with Crippen LogP contribution in [-0.4, -0.2) is 11.5 Å². The zero-order valence-corrected chi connectivity index (χ0v) is 9.38. The first-order chi connectivity index (χ1) is 8.17. The number of nitrogens with one attached hydrogen (secondary N) is 1. The molecular formula is C11H13N2O4-. The molecule has 0 saturated carbocycles. The molecule has 0 heterocycles. The van der Waals surface area contributed by atoms with E-state index in [9.17, 15) is 15.3 Å². The minimum absolute atomic E-state index is 0.00336. The summed E-state index contributed by atoms with van der Waals surface area (Å²) >= 11 is 0. The molecule has 0 aliphatic heterocycles. The Morgan fingerprint density at radius 2 is 2.12 bits per heavy atom. The first-order valence-electron chi connectivity index (χ1n) is 5.11. The van der Waals surface area contributed by atoms with Gasteiger partial charge in [0.05, 0.1) is 4.92 Å². The van der Waals surface area contributed by atoms with E-state index in [2.05, 4.69) is 0 Å². The number of nitrogens with zero attached hydrogens (tertiary/aromatic N) is 1. The molecule has 0 aliphatic carbocycles. The minimum atomic E-state index is -0.481. The summed E-state index contributed by atoms with van der Waals surface area (Å²) in [5, 5.41) is 20.9. The molecule has 1 aromatic rings. The molecule has 1 N–H and O–H groups in total. The Hall–Kier alpha value is -2.08. The Morgan fingerprint density at radius 1 is 1.47 bits per heavy atom. The molecule has 0 fully saturated rings. The van der Waals surface area contributed by atoms with Crippen molar-refractivity contribution in [2.75, 3.05) is 6.61 Å². The maximum atomic E-state index is 10.5. The highest BCUT2D eigenvalue weighted by molar-refractivity contribution is 5.36. The van der Waals surface area contributed by atoms with Gasteiger partial charge >= 0.3 is 0 Å². The van der Waals surface area contributed by atoms with Crippen LogP contribution in [0.25, 0.3) is 0 Å². The molecule has 17 heavy (non-hydrogen) atoms. The molecular weight excluding hydrogens is 224 g/mol. The van der Waals surface area contributed by atoms with Crippen LogP contribution in [0.2, 0.25) is 0 Å². The van der Waals surface area contributed by atoms with E-state index in [-0.39, 0.29) is 12.3 Å². The molecule has 1 aromatic carbocycles. The topological polar surface area (TPSA) is 87.5 Å². The molecule has 0 radical (unpaired) electrons. The zero-order chi connectivity index (χ0) is 12.7. The fourth-order valence-electron chi connectivity index (χ4n) is 1.20. The van der Waals surface area contributed by atoms with Crippen LogP contribution in [0.15, 0.2) is 36.0 Å². The van der Waals surface area contributed by atoms with Crippen molar-refractivity contribution in [1.82, 2.24) is 5.48 Å². The normalized spacial score (nSPS) is 11.1. The number of allylic oxidation sites excluding steroid dienone is 1. The van der Waals surface area contributed by atoms with Crippen molar-refractivity contribution in [3.63, 3.8) is 0 Å². The quantitative estimate of drug-likeness (QED) is 0.606. The van der Waals surface area contributed by atoms with Gasteiger partial charge in [-0.2, -0.15) is 0 Å². The van der Waals surface area contributed by atoms with Gasteiger partial charge in [0.1, 0.15) is 12.4 Å². The summed E-state index contributed by atoms with van der Waals surface area (Å²) in [4.78, 5) is 9.93. The number of hydrogen-bond donors (Lipinski definition) is 1. The Morgan fingerprint density at radius 3 is 2.59 bits per heavy atom. The van der Waals surface area contributed by atoms with Gasteiger partial charge < -0.3 is 15.4 Å². The number of nitro groups is 1. The van der Waals surface area contributed by atoms with Gasteiger partial charge in [0.25, 0.3) is 5.69 Å². The molecule has 0 spiro atoms. The van der Waals surface area contributed by atoms with Crippen molar-refractivity contribution in [1.29, 1.82) is 0 Å². The minimum Gasteiger partial charge on any atom is -0.761 e. The van der Waals surface area contributed by atoms with E-state index >= 15 is 0 Å². The maximum Gasteiger partial charge on any atom is 0.269 e. The van der Waals surface area contributed by atoms with E-state index in [1.807, 2.05) is 6.92 Å². The molecule has 6 nitrogen and oxygen atoms in total. The van der Waals surface area contributed by atoms with Gasteiger partial charge in [0.2, 0.25) is 0 Å². The molecule has 0 amide bonds. The van der Waals surface area contributed by atoms with Crippen LogP contribution in [0.5, 0.6) is 5.75 Å². The largest absolute Gasteiger partial charge is 0.761 e. The second-order valence-electron chi connectivity index (χ2n) is 3.28. The molecule has 6 heteroatoms. The average molecular weight is 237 g/mol. The summed E-state index contributed by atoms with van der Waals surface area (Å²) in [6.45, 7) is 2.03. The maximum absolute atomic E-state index is 10.5. The summed E-state index contributed by atoms with van der Waals surface area (Å²) in [5.41, 5.74) is 2.22. The molecule has 0 saturated heterocycles. The van der Waals surface area contributed by atoms with Crippen LogP contribution >= 0.6 is 0 Å². The van der Waals surface area contributed by atoms with Crippen LogP contribution in [0, 0.1) is 15.3 Å². The first kappa shape index (κ1) is 13.0. The number of hydrogen-bond acceptors (Lipinski definition) is 5. The average Bonchev–Trinajstić information content (AvgIpc) is 2.35. The number of hydroxylamine groups is 1. The van der Waals surface area contributed by atoms with Gasteiger partial charge in [-0.1, -0.05) is 13.0 Å². The number of benzene rings is 1. The van der Waals surface area contributed by atoms with Gasteiger partial charge in [0.15, 0.2) is 0 Å². The van der Waals surface area contributed by atoms with Crippen molar-refractivity contribution < 1.29 is 9.66 Å².